The van der Waals surface area contributed by atoms with Crippen LogP contribution in [0.25, 0.3) is 0 Å². The molecule has 22 heavy (non-hydrogen) atoms. The average Bonchev–Trinajstić information content (AvgIpc) is 2.43. The number of nitro benzene ring substituents is 1. The Balaban J connectivity index is 2.81. The van der Waals surface area contributed by atoms with Crippen LogP contribution in [-0.2, 0) is 9.59 Å². The van der Waals surface area contributed by atoms with Gasteiger partial charge >= 0.3 is 11.7 Å². The number of nitro groups is 1. The van der Waals surface area contributed by atoms with Gasteiger partial charge in [-0.05, 0) is 18.9 Å². The molecule has 120 valence electrons. The lowest BCUT2D eigenvalue weighted by Crippen LogP contribution is -2.48. The number of carboxylic acids is 1. The van der Waals surface area contributed by atoms with E-state index in [2.05, 4.69) is 5.32 Å². The molecule has 0 radical (unpaired) electrons. The summed E-state index contributed by atoms with van der Waals surface area (Å²) in [6, 6.07) is 4.60. The van der Waals surface area contributed by atoms with Gasteiger partial charge in [-0.3, -0.25) is 14.9 Å². The number of amides is 1. The van der Waals surface area contributed by atoms with Crippen molar-refractivity contribution in [3.05, 3.63) is 34.4 Å². The Kier molecular flexibility index (Phi) is 5.85. The third kappa shape index (κ3) is 4.44. The summed E-state index contributed by atoms with van der Waals surface area (Å²) in [7, 11) is 0. The number of rotatable bonds is 7. The van der Waals surface area contributed by atoms with Crippen molar-refractivity contribution in [3.8, 4) is 5.75 Å². The third-order valence-corrected chi connectivity index (χ3v) is 2.97. The van der Waals surface area contributed by atoms with Crippen LogP contribution in [-0.4, -0.2) is 34.1 Å². The SMILES string of the molecule is CC(Oc1ccccc1[N+](=O)[O-])C(=O)NC(C(=O)O)C(C)C. The molecule has 8 heteroatoms. The minimum Gasteiger partial charge on any atom is -0.480 e. The first-order chi connectivity index (χ1) is 10.2. The summed E-state index contributed by atoms with van der Waals surface area (Å²) in [4.78, 5) is 33.3. The summed E-state index contributed by atoms with van der Waals surface area (Å²) < 4.78 is 5.28. The maximum Gasteiger partial charge on any atom is 0.326 e. The molecule has 0 saturated heterocycles. The van der Waals surface area contributed by atoms with Gasteiger partial charge in [0, 0.05) is 6.07 Å². The molecule has 1 amide bonds. The van der Waals surface area contributed by atoms with Crippen molar-refractivity contribution in [2.45, 2.75) is 32.9 Å². The second-order valence-electron chi connectivity index (χ2n) is 5.05. The fourth-order valence-electron chi connectivity index (χ4n) is 1.74. The van der Waals surface area contributed by atoms with Crippen molar-refractivity contribution in [3.63, 3.8) is 0 Å². The Morgan fingerprint density at radius 3 is 2.36 bits per heavy atom. The Hall–Kier alpha value is -2.64. The largest absolute Gasteiger partial charge is 0.480 e. The van der Waals surface area contributed by atoms with E-state index in [-0.39, 0.29) is 17.4 Å². The molecule has 0 aliphatic heterocycles. The zero-order valence-electron chi connectivity index (χ0n) is 12.5. The number of hydrogen-bond donors (Lipinski definition) is 2. The number of benzene rings is 1. The monoisotopic (exact) mass is 310 g/mol. The van der Waals surface area contributed by atoms with Gasteiger partial charge in [0.05, 0.1) is 4.92 Å². The molecule has 0 saturated carbocycles. The lowest BCUT2D eigenvalue weighted by Gasteiger charge is -2.21. The number of para-hydroxylation sites is 2. The van der Waals surface area contributed by atoms with Crippen molar-refractivity contribution < 1.29 is 24.4 Å². The molecule has 1 rings (SSSR count). The minimum atomic E-state index is -1.15. The molecule has 1 aromatic carbocycles. The van der Waals surface area contributed by atoms with E-state index in [9.17, 15) is 19.7 Å². The van der Waals surface area contributed by atoms with Gasteiger partial charge < -0.3 is 15.2 Å². The van der Waals surface area contributed by atoms with Gasteiger partial charge in [-0.15, -0.1) is 0 Å². The average molecular weight is 310 g/mol. The van der Waals surface area contributed by atoms with Crippen LogP contribution in [0, 0.1) is 16.0 Å². The van der Waals surface area contributed by atoms with Crippen molar-refractivity contribution in [2.24, 2.45) is 5.92 Å². The molecule has 0 aliphatic rings. The van der Waals surface area contributed by atoms with Gasteiger partial charge in [0.2, 0.25) is 0 Å². The first-order valence-electron chi connectivity index (χ1n) is 6.67. The molecule has 0 spiro atoms. The van der Waals surface area contributed by atoms with Gasteiger partial charge in [-0.25, -0.2) is 4.79 Å². The summed E-state index contributed by atoms with van der Waals surface area (Å²) in [5.41, 5.74) is -0.263. The van der Waals surface area contributed by atoms with E-state index in [0.29, 0.717) is 0 Å². The number of carbonyl (C=O) groups is 2. The molecule has 0 aliphatic carbocycles. The summed E-state index contributed by atoms with van der Waals surface area (Å²) in [5, 5.41) is 22.3. The van der Waals surface area contributed by atoms with Crippen LogP contribution in [0.4, 0.5) is 5.69 Å². The van der Waals surface area contributed by atoms with Gasteiger partial charge in [0.25, 0.3) is 5.91 Å². The number of nitrogens with one attached hydrogen (secondary N) is 1. The highest BCUT2D eigenvalue weighted by atomic mass is 16.6. The first kappa shape index (κ1) is 17.4. The summed E-state index contributed by atoms with van der Waals surface area (Å²) in [6.07, 6.45) is -1.07. The first-order valence-corrected chi connectivity index (χ1v) is 6.67. The van der Waals surface area contributed by atoms with Crippen LogP contribution in [0.5, 0.6) is 5.75 Å². The predicted molar refractivity (Wildman–Crippen MR) is 77.6 cm³/mol. The molecule has 0 aromatic heterocycles. The Labute approximate surface area is 127 Å². The molecule has 2 unspecified atom stereocenters. The Bertz CT molecular complexity index is 572. The highest BCUT2D eigenvalue weighted by molar-refractivity contribution is 5.86. The van der Waals surface area contributed by atoms with E-state index >= 15 is 0 Å². The number of aliphatic carboxylic acids is 1. The fraction of sp³-hybridized carbons (Fsp3) is 0.429. The molecular formula is C14H18N2O6. The molecular weight excluding hydrogens is 292 g/mol. The molecule has 0 heterocycles. The number of carbonyl (C=O) groups excluding carboxylic acids is 1. The topological polar surface area (TPSA) is 119 Å². The van der Waals surface area contributed by atoms with Crippen molar-refractivity contribution in [1.29, 1.82) is 0 Å². The highest BCUT2D eigenvalue weighted by Crippen LogP contribution is 2.26. The minimum absolute atomic E-state index is 0.0495. The van der Waals surface area contributed by atoms with E-state index in [1.54, 1.807) is 19.9 Å². The van der Waals surface area contributed by atoms with Crippen LogP contribution in [0.2, 0.25) is 0 Å². The van der Waals surface area contributed by atoms with Crippen LogP contribution < -0.4 is 10.1 Å². The Morgan fingerprint density at radius 1 is 1.27 bits per heavy atom. The van der Waals surface area contributed by atoms with Gasteiger partial charge in [-0.1, -0.05) is 26.0 Å². The molecule has 2 N–H and O–H groups in total. The fourth-order valence-corrected chi connectivity index (χ4v) is 1.74. The van der Waals surface area contributed by atoms with Crippen LogP contribution in [0.1, 0.15) is 20.8 Å². The maximum atomic E-state index is 12.0. The van der Waals surface area contributed by atoms with E-state index in [1.807, 2.05) is 0 Å². The van der Waals surface area contributed by atoms with Gasteiger partial charge in [0.15, 0.2) is 11.9 Å². The zero-order chi connectivity index (χ0) is 16.9. The van der Waals surface area contributed by atoms with Crippen molar-refractivity contribution in [2.75, 3.05) is 0 Å². The molecule has 0 fully saturated rings. The zero-order valence-corrected chi connectivity index (χ0v) is 12.5. The van der Waals surface area contributed by atoms with E-state index in [1.165, 1.54) is 25.1 Å². The summed E-state index contributed by atoms with van der Waals surface area (Å²) in [6.45, 7) is 4.71. The van der Waals surface area contributed by atoms with E-state index in [4.69, 9.17) is 9.84 Å². The molecule has 0 bridgehead atoms. The summed E-state index contributed by atoms with van der Waals surface area (Å²) >= 11 is 0. The van der Waals surface area contributed by atoms with Crippen molar-refractivity contribution >= 4 is 17.6 Å². The van der Waals surface area contributed by atoms with Gasteiger partial charge in [0.1, 0.15) is 6.04 Å². The number of carboxylic acid groups (broad SMARTS) is 1. The number of hydrogen-bond acceptors (Lipinski definition) is 5. The smallest absolute Gasteiger partial charge is 0.326 e. The molecule has 8 nitrogen and oxygen atoms in total. The highest BCUT2D eigenvalue weighted by Gasteiger charge is 2.27. The van der Waals surface area contributed by atoms with Crippen LogP contribution in [0.3, 0.4) is 0 Å². The van der Waals surface area contributed by atoms with Gasteiger partial charge in [-0.2, -0.15) is 0 Å². The third-order valence-electron chi connectivity index (χ3n) is 2.97. The second-order valence-corrected chi connectivity index (χ2v) is 5.05. The quantitative estimate of drug-likeness (QED) is 0.583. The standard InChI is InChI=1S/C14H18N2O6/c1-8(2)12(14(18)19)15-13(17)9(3)22-11-7-5-4-6-10(11)16(20)21/h4-9,12H,1-3H3,(H,15,17)(H,18,19). The molecule has 1 aromatic rings. The van der Waals surface area contributed by atoms with E-state index < -0.39 is 28.9 Å². The predicted octanol–water partition coefficient (Wildman–Crippen LogP) is 1.59. The van der Waals surface area contributed by atoms with Crippen LogP contribution >= 0.6 is 0 Å². The number of nitrogens with zero attached hydrogens (tertiary/aromatic N) is 1. The van der Waals surface area contributed by atoms with Crippen LogP contribution in [0.15, 0.2) is 24.3 Å². The van der Waals surface area contributed by atoms with E-state index in [0.717, 1.165) is 0 Å². The second kappa shape index (κ2) is 7.39. The number of ether oxygens (including phenoxy) is 1. The molecule has 2 atom stereocenters. The normalized spacial score (nSPS) is 13.3. The lowest BCUT2D eigenvalue weighted by molar-refractivity contribution is -0.386. The summed E-state index contributed by atoms with van der Waals surface area (Å²) in [5.74, 6) is -2.16. The maximum absolute atomic E-state index is 12.0. The Morgan fingerprint density at radius 2 is 1.86 bits per heavy atom. The van der Waals surface area contributed by atoms with Crippen molar-refractivity contribution in [1.82, 2.24) is 5.32 Å². The lowest BCUT2D eigenvalue weighted by atomic mass is 10.0.